The van der Waals surface area contributed by atoms with Gasteiger partial charge in [0.05, 0.1) is 12.4 Å². The normalized spacial score (nSPS) is 12.6. The molecule has 7 nitrogen and oxygen atoms in total. The lowest BCUT2D eigenvalue weighted by atomic mass is 10.1. The van der Waals surface area contributed by atoms with Crippen LogP contribution in [-0.4, -0.2) is 49.6 Å². The number of rotatable bonds is 10. The molecule has 1 amide bonds. The Kier molecular flexibility index (Phi) is 7.89. The van der Waals surface area contributed by atoms with Crippen LogP contribution < -0.4 is 10.1 Å². The van der Waals surface area contributed by atoms with Crippen LogP contribution in [0.5, 0.6) is 5.75 Å². The molecule has 8 heteroatoms. The van der Waals surface area contributed by atoms with Crippen molar-refractivity contribution in [3.63, 3.8) is 0 Å². The summed E-state index contributed by atoms with van der Waals surface area (Å²) in [4.78, 5) is 23.4. The highest BCUT2D eigenvalue weighted by Gasteiger charge is 2.23. The summed E-state index contributed by atoms with van der Waals surface area (Å²) in [5.41, 5.74) is 0.279. The largest absolute Gasteiger partial charge is 0.493 e. The summed E-state index contributed by atoms with van der Waals surface area (Å²) in [7, 11) is -3.30. The van der Waals surface area contributed by atoms with Crippen molar-refractivity contribution < 1.29 is 27.9 Å². The summed E-state index contributed by atoms with van der Waals surface area (Å²) in [5.74, 6) is -1.20. The molecule has 25 heavy (non-hydrogen) atoms. The molecule has 0 saturated carbocycles. The zero-order valence-electron chi connectivity index (χ0n) is 14.7. The first kappa shape index (κ1) is 21.0. The van der Waals surface area contributed by atoms with Crippen molar-refractivity contribution >= 4 is 21.7 Å². The number of amides is 1. The first-order valence-corrected chi connectivity index (χ1v) is 9.93. The van der Waals surface area contributed by atoms with Gasteiger partial charge in [-0.15, -0.1) is 0 Å². The van der Waals surface area contributed by atoms with E-state index < -0.39 is 27.8 Å². The molecule has 1 rings (SSSR count). The van der Waals surface area contributed by atoms with Gasteiger partial charge in [-0.05, 0) is 36.6 Å². The smallest absolute Gasteiger partial charge is 0.326 e. The van der Waals surface area contributed by atoms with Crippen LogP contribution in [0.4, 0.5) is 0 Å². The first-order valence-electron chi connectivity index (χ1n) is 8.11. The maximum absolute atomic E-state index is 12.2. The van der Waals surface area contributed by atoms with E-state index in [0.717, 1.165) is 0 Å². The van der Waals surface area contributed by atoms with Crippen molar-refractivity contribution in [1.29, 1.82) is 0 Å². The lowest BCUT2D eigenvalue weighted by Crippen LogP contribution is -2.42. The molecule has 0 heterocycles. The summed E-state index contributed by atoms with van der Waals surface area (Å²) < 4.78 is 28.5. The lowest BCUT2D eigenvalue weighted by molar-refractivity contribution is -0.139. The molecule has 0 fully saturated rings. The van der Waals surface area contributed by atoms with Crippen LogP contribution in [0.15, 0.2) is 24.3 Å². The van der Waals surface area contributed by atoms with E-state index in [1.54, 1.807) is 12.1 Å². The fourth-order valence-electron chi connectivity index (χ4n) is 1.91. The maximum atomic E-state index is 12.2. The van der Waals surface area contributed by atoms with Gasteiger partial charge in [0.2, 0.25) is 0 Å². The predicted octanol–water partition coefficient (Wildman–Crippen LogP) is 1.73. The van der Waals surface area contributed by atoms with Crippen LogP contribution in [0.1, 0.15) is 37.6 Å². The van der Waals surface area contributed by atoms with Gasteiger partial charge in [0.1, 0.15) is 21.6 Å². The molecule has 0 spiro atoms. The quantitative estimate of drug-likeness (QED) is 0.648. The average molecular weight is 371 g/mol. The molecule has 0 saturated heterocycles. The predicted molar refractivity (Wildman–Crippen MR) is 94.6 cm³/mol. The molecule has 1 unspecified atom stereocenters. The van der Waals surface area contributed by atoms with Crippen LogP contribution in [0.2, 0.25) is 0 Å². The first-order chi connectivity index (χ1) is 11.6. The summed E-state index contributed by atoms with van der Waals surface area (Å²) in [5, 5.41) is 11.5. The third kappa shape index (κ3) is 7.55. The number of hydrogen-bond acceptors (Lipinski definition) is 5. The number of sulfone groups is 1. The number of nitrogens with one attached hydrogen (secondary N) is 1. The van der Waals surface area contributed by atoms with E-state index in [-0.39, 0.29) is 23.5 Å². The molecule has 140 valence electrons. The van der Waals surface area contributed by atoms with Crippen molar-refractivity contribution in [2.75, 3.05) is 18.1 Å². The zero-order valence-corrected chi connectivity index (χ0v) is 15.5. The number of hydrogen-bond donors (Lipinski definition) is 2. The van der Waals surface area contributed by atoms with Gasteiger partial charge >= 0.3 is 5.97 Å². The number of carbonyl (C=O) groups is 2. The van der Waals surface area contributed by atoms with Crippen LogP contribution in [0.25, 0.3) is 0 Å². The minimum atomic E-state index is -3.30. The lowest BCUT2D eigenvalue weighted by Gasteiger charge is -2.15. The van der Waals surface area contributed by atoms with E-state index in [4.69, 9.17) is 4.74 Å². The van der Waals surface area contributed by atoms with E-state index in [9.17, 15) is 23.1 Å². The summed E-state index contributed by atoms with van der Waals surface area (Å²) in [6, 6.07) is 5.08. The highest BCUT2D eigenvalue weighted by Crippen LogP contribution is 2.13. The van der Waals surface area contributed by atoms with Crippen molar-refractivity contribution in [2.24, 2.45) is 5.92 Å². The Morgan fingerprint density at radius 1 is 1.20 bits per heavy atom. The molecule has 0 aliphatic rings. The second kappa shape index (κ2) is 9.41. The Bertz CT molecular complexity index is 682. The number of carboxylic acid groups (broad SMARTS) is 1. The van der Waals surface area contributed by atoms with Crippen molar-refractivity contribution in [3.05, 3.63) is 29.8 Å². The molecular weight excluding hydrogens is 346 g/mol. The molecule has 0 aliphatic carbocycles. The molecule has 1 aromatic rings. The highest BCUT2D eigenvalue weighted by molar-refractivity contribution is 7.91. The van der Waals surface area contributed by atoms with Gasteiger partial charge in [-0.3, -0.25) is 4.79 Å². The molecule has 0 bridgehead atoms. The second-order valence-corrected chi connectivity index (χ2v) is 8.59. The topological polar surface area (TPSA) is 110 Å². The van der Waals surface area contributed by atoms with Crippen molar-refractivity contribution in [3.8, 4) is 5.75 Å². The van der Waals surface area contributed by atoms with Gasteiger partial charge in [-0.2, -0.15) is 0 Å². The summed E-state index contributed by atoms with van der Waals surface area (Å²) >= 11 is 0. The molecule has 0 aliphatic heterocycles. The molecule has 2 N–H and O–H groups in total. The minimum absolute atomic E-state index is 0.0644. The third-order valence-corrected chi connectivity index (χ3v) is 5.20. The second-order valence-electron chi connectivity index (χ2n) is 6.12. The molecule has 1 aromatic carbocycles. The SMILES string of the molecule is CCS(=O)(=O)CCC(NC(=O)c1ccc(OCC(C)C)cc1)C(=O)O. The summed E-state index contributed by atoms with van der Waals surface area (Å²) in [6.45, 7) is 6.09. The monoisotopic (exact) mass is 371 g/mol. The minimum Gasteiger partial charge on any atom is -0.493 e. The number of aliphatic carboxylic acids is 1. The van der Waals surface area contributed by atoms with Crippen LogP contribution in [0.3, 0.4) is 0 Å². The maximum Gasteiger partial charge on any atom is 0.326 e. The highest BCUT2D eigenvalue weighted by atomic mass is 32.2. The van der Waals surface area contributed by atoms with Gasteiger partial charge in [-0.1, -0.05) is 20.8 Å². The van der Waals surface area contributed by atoms with Crippen molar-refractivity contribution in [2.45, 2.75) is 33.2 Å². The van der Waals surface area contributed by atoms with E-state index >= 15 is 0 Å². The van der Waals surface area contributed by atoms with E-state index in [1.165, 1.54) is 19.1 Å². The standard InChI is InChI=1S/C17H25NO6S/c1-4-25(22,23)10-9-15(17(20)21)18-16(19)13-5-7-14(8-6-13)24-11-12(2)3/h5-8,12,15H,4,9-11H2,1-3H3,(H,18,19)(H,20,21). The Morgan fingerprint density at radius 3 is 2.28 bits per heavy atom. The van der Waals surface area contributed by atoms with Crippen LogP contribution in [-0.2, 0) is 14.6 Å². The molecule has 1 atom stereocenters. The Balaban J connectivity index is 2.69. The third-order valence-electron chi connectivity index (χ3n) is 3.46. The van der Waals surface area contributed by atoms with E-state index in [2.05, 4.69) is 5.32 Å². The Hall–Kier alpha value is -2.09. The van der Waals surface area contributed by atoms with E-state index in [0.29, 0.717) is 18.3 Å². The van der Waals surface area contributed by atoms with E-state index in [1.807, 2.05) is 13.8 Å². The Labute approximate surface area is 148 Å². The molecule has 0 aromatic heterocycles. The Morgan fingerprint density at radius 2 is 1.80 bits per heavy atom. The van der Waals surface area contributed by atoms with Crippen LogP contribution >= 0.6 is 0 Å². The number of carboxylic acids is 1. The average Bonchev–Trinajstić information content (AvgIpc) is 2.56. The van der Waals surface area contributed by atoms with Gasteiger partial charge in [0.15, 0.2) is 0 Å². The van der Waals surface area contributed by atoms with Gasteiger partial charge in [0.25, 0.3) is 5.91 Å². The summed E-state index contributed by atoms with van der Waals surface area (Å²) in [6.07, 6.45) is -0.174. The van der Waals surface area contributed by atoms with Gasteiger partial charge in [-0.25, -0.2) is 13.2 Å². The fourth-order valence-corrected chi connectivity index (χ4v) is 2.79. The van der Waals surface area contributed by atoms with Gasteiger partial charge < -0.3 is 15.2 Å². The number of benzene rings is 1. The number of ether oxygens (including phenoxy) is 1. The van der Waals surface area contributed by atoms with Crippen molar-refractivity contribution in [1.82, 2.24) is 5.32 Å². The fraction of sp³-hybridized carbons (Fsp3) is 0.529. The molecular formula is C17H25NO6S. The van der Waals surface area contributed by atoms with Crippen LogP contribution in [0, 0.1) is 5.92 Å². The van der Waals surface area contributed by atoms with Gasteiger partial charge in [0, 0.05) is 11.3 Å². The number of carbonyl (C=O) groups excluding carboxylic acids is 1. The molecule has 0 radical (unpaired) electrons. The zero-order chi connectivity index (χ0) is 19.0.